The zero-order valence-corrected chi connectivity index (χ0v) is 19.0. The van der Waals surface area contributed by atoms with Crippen molar-refractivity contribution in [3.63, 3.8) is 0 Å². The molecular weight excluding hydrogens is 402 g/mol. The second-order valence-electron chi connectivity index (χ2n) is 9.46. The number of fused-ring (bicyclic) bond motifs is 1. The van der Waals surface area contributed by atoms with Crippen LogP contribution in [0.25, 0.3) is 0 Å². The first-order valence-electron chi connectivity index (χ1n) is 11.4. The average Bonchev–Trinajstić information content (AvgIpc) is 3.37. The van der Waals surface area contributed by atoms with Gasteiger partial charge >= 0.3 is 0 Å². The van der Waals surface area contributed by atoms with Crippen LogP contribution in [-0.2, 0) is 11.2 Å². The number of nitrogens with zero attached hydrogens (tertiary/aromatic N) is 5. The monoisotopic (exact) mass is 433 g/mol. The number of rotatable bonds is 4. The molecule has 5 rings (SSSR count). The van der Waals surface area contributed by atoms with Gasteiger partial charge in [0.05, 0.1) is 6.61 Å². The van der Waals surface area contributed by atoms with E-state index in [0.717, 1.165) is 50.4 Å². The number of aliphatic imine (C=N–C) groups is 1. The second kappa shape index (κ2) is 7.89. The number of piperidine rings is 1. The summed E-state index contributed by atoms with van der Waals surface area (Å²) in [5, 5.41) is 5.61. The molecule has 1 spiro atoms. The SMILES string of the molecule is C=NN1C(=C)N=C(C)C=C1N1CC2(CCN(C(C)c3ccc4c(c3)OCC4)CC2)CC1=O. The van der Waals surface area contributed by atoms with Crippen LogP contribution in [0.4, 0.5) is 0 Å². The predicted molar refractivity (Wildman–Crippen MR) is 125 cm³/mol. The molecule has 4 aliphatic heterocycles. The van der Waals surface area contributed by atoms with E-state index >= 15 is 0 Å². The number of hydrazone groups is 1. The van der Waals surface area contributed by atoms with E-state index in [2.05, 4.69) is 53.4 Å². The Morgan fingerprint density at radius 3 is 2.81 bits per heavy atom. The van der Waals surface area contributed by atoms with E-state index < -0.39 is 0 Å². The molecule has 0 saturated carbocycles. The van der Waals surface area contributed by atoms with E-state index in [1.807, 2.05) is 17.9 Å². The Balaban J connectivity index is 1.27. The minimum absolute atomic E-state index is 0.00581. The molecule has 1 aromatic carbocycles. The van der Waals surface area contributed by atoms with Crippen molar-refractivity contribution in [1.82, 2.24) is 14.8 Å². The van der Waals surface area contributed by atoms with E-state index in [0.29, 0.717) is 30.6 Å². The van der Waals surface area contributed by atoms with Gasteiger partial charge in [0.25, 0.3) is 0 Å². The molecule has 2 saturated heterocycles. The number of likely N-dealkylation sites (tertiary alicyclic amines) is 2. The Labute approximate surface area is 189 Å². The zero-order chi connectivity index (χ0) is 22.5. The Hall–Kier alpha value is -2.93. The van der Waals surface area contributed by atoms with Gasteiger partial charge in [-0.1, -0.05) is 18.7 Å². The third-order valence-corrected chi connectivity index (χ3v) is 7.45. The fourth-order valence-electron chi connectivity index (χ4n) is 5.49. The van der Waals surface area contributed by atoms with Crippen molar-refractivity contribution >= 4 is 18.3 Å². The molecule has 4 heterocycles. The third kappa shape index (κ3) is 3.54. The number of carbonyl (C=O) groups is 1. The zero-order valence-electron chi connectivity index (χ0n) is 19.0. The molecule has 4 aliphatic rings. The molecule has 0 N–H and O–H groups in total. The summed E-state index contributed by atoms with van der Waals surface area (Å²) in [5.41, 5.74) is 3.44. The molecule has 0 radical (unpaired) electrons. The smallest absolute Gasteiger partial charge is 0.228 e. The lowest BCUT2D eigenvalue weighted by Gasteiger charge is -2.42. The largest absolute Gasteiger partial charge is 0.493 e. The number of allylic oxidation sites excluding steroid dienone is 1. The highest BCUT2D eigenvalue weighted by molar-refractivity contribution is 5.95. The highest BCUT2D eigenvalue weighted by atomic mass is 16.5. The van der Waals surface area contributed by atoms with Crippen LogP contribution in [-0.4, -0.2) is 59.4 Å². The van der Waals surface area contributed by atoms with Gasteiger partial charge in [0.15, 0.2) is 0 Å². The van der Waals surface area contributed by atoms with Gasteiger partial charge in [0.1, 0.15) is 17.4 Å². The van der Waals surface area contributed by atoms with Gasteiger partial charge in [0, 0.05) is 43.9 Å². The molecule has 1 unspecified atom stereocenters. The highest BCUT2D eigenvalue weighted by Crippen LogP contribution is 2.45. The average molecular weight is 434 g/mol. The van der Waals surface area contributed by atoms with Crippen molar-refractivity contribution in [2.24, 2.45) is 15.5 Å². The van der Waals surface area contributed by atoms with E-state index in [1.165, 1.54) is 11.1 Å². The summed E-state index contributed by atoms with van der Waals surface area (Å²) < 4.78 is 5.77. The summed E-state index contributed by atoms with van der Waals surface area (Å²) in [6, 6.07) is 7.00. The first-order chi connectivity index (χ1) is 15.4. The predicted octanol–water partition coefficient (Wildman–Crippen LogP) is 3.70. The third-order valence-electron chi connectivity index (χ3n) is 7.45. The molecule has 1 aromatic rings. The molecule has 2 fully saturated rings. The second-order valence-corrected chi connectivity index (χ2v) is 9.46. The maximum atomic E-state index is 13.1. The molecule has 0 aliphatic carbocycles. The Bertz CT molecular complexity index is 1030. The number of amides is 1. The fourth-order valence-corrected chi connectivity index (χ4v) is 5.49. The highest BCUT2D eigenvalue weighted by Gasteiger charge is 2.47. The summed E-state index contributed by atoms with van der Waals surface area (Å²) in [6.45, 7) is 15.2. The van der Waals surface area contributed by atoms with Crippen LogP contribution < -0.4 is 4.74 Å². The van der Waals surface area contributed by atoms with Gasteiger partial charge in [-0.25, -0.2) is 4.99 Å². The van der Waals surface area contributed by atoms with Crippen LogP contribution in [0.2, 0.25) is 0 Å². The maximum absolute atomic E-state index is 13.1. The summed E-state index contributed by atoms with van der Waals surface area (Å²) >= 11 is 0. The Kier molecular flexibility index (Phi) is 5.16. The van der Waals surface area contributed by atoms with Crippen LogP contribution in [0, 0.1) is 5.41 Å². The summed E-state index contributed by atoms with van der Waals surface area (Å²) in [7, 11) is 0. The summed E-state index contributed by atoms with van der Waals surface area (Å²) in [6.07, 6.45) is 5.49. The van der Waals surface area contributed by atoms with Crippen molar-refractivity contribution < 1.29 is 9.53 Å². The van der Waals surface area contributed by atoms with Gasteiger partial charge in [-0.3, -0.25) is 14.6 Å². The Morgan fingerprint density at radius 2 is 2.06 bits per heavy atom. The molecule has 168 valence electrons. The van der Waals surface area contributed by atoms with Crippen LogP contribution in [0.1, 0.15) is 50.3 Å². The van der Waals surface area contributed by atoms with Crippen molar-refractivity contribution in [3.8, 4) is 5.75 Å². The van der Waals surface area contributed by atoms with E-state index in [-0.39, 0.29) is 11.3 Å². The van der Waals surface area contributed by atoms with Crippen molar-refractivity contribution in [3.05, 3.63) is 53.6 Å². The van der Waals surface area contributed by atoms with Crippen LogP contribution in [0.3, 0.4) is 0 Å². The van der Waals surface area contributed by atoms with Crippen molar-refractivity contribution in [2.75, 3.05) is 26.2 Å². The van der Waals surface area contributed by atoms with E-state index in [1.54, 1.807) is 5.01 Å². The van der Waals surface area contributed by atoms with Crippen molar-refractivity contribution in [2.45, 2.75) is 45.6 Å². The van der Waals surface area contributed by atoms with Crippen LogP contribution >= 0.6 is 0 Å². The number of ether oxygens (including phenoxy) is 1. The standard InChI is InChI=1S/C25H31N5O2/c1-17-13-23(30(26-4)19(3)27-17)29-16-25(15-24(29)31)8-10-28(11-9-25)18(2)21-6-5-20-7-12-32-22(20)14-21/h5-6,13-14,18H,3-4,7-12,15-16H2,1-2H3. The molecule has 7 heteroatoms. The first-order valence-corrected chi connectivity index (χ1v) is 11.4. The molecule has 0 bridgehead atoms. The lowest BCUT2D eigenvalue weighted by atomic mass is 9.77. The topological polar surface area (TPSA) is 60.7 Å². The van der Waals surface area contributed by atoms with E-state index in [4.69, 9.17) is 4.74 Å². The van der Waals surface area contributed by atoms with E-state index in [9.17, 15) is 4.79 Å². The van der Waals surface area contributed by atoms with Gasteiger partial charge in [-0.2, -0.15) is 10.1 Å². The lowest BCUT2D eigenvalue weighted by molar-refractivity contribution is -0.127. The summed E-state index contributed by atoms with van der Waals surface area (Å²) in [4.78, 5) is 21.8. The lowest BCUT2D eigenvalue weighted by Crippen LogP contribution is -2.43. The molecule has 0 aromatic heterocycles. The van der Waals surface area contributed by atoms with Gasteiger partial charge in [0.2, 0.25) is 5.91 Å². The molecule has 1 atom stereocenters. The van der Waals surface area contributed by atoms with Crippen LogP contribution in [0.5, 0.6) is 5.75 Å². The first kappa shape index (κ1) is 20.9. The van der Waals surface area contributed by atoms with Gasteiger partial charge < -0.3 is 4.74 Å². The molecular formula is C25H31N5O2. The molecule has 32 heavy (non-hydrogen) atoms. The Morgan fingerprint density at radius 1 is 1.28 bits per heavy atom. The van der Waals surface area contributed by atoms with Crippen molar-refractivity contribution in [1.29, 1.82) is 0 Å². The number of hydrogen-bond acceptors (Lipinski definition) is 6. The minimum Gasteiger partial charge on any atom is -0.493 e. The molecule has 7 nitrogen and oxygen atoms in total. The maximum Gasteiger partial charge on any atom is 0.228 e. The van der Waals surface area contributed by atoms with Gasteiger partial charge in [-0.15, -0.1) is 0 Å². The van der Waals surface area contributed by atoms with Crippen LogP contribution in [0.15, 0.2) is 52.6 Å². The quantitative estimate of drug-likeness (QED) is 0.680. The fraction of sp³-hybridized carbons (Fsp3) is 0.480. The summed E-state index contributed by atoms with van der Waals surface area (Å²) in [5.74, 6) is 2.39. The number of carbonyl (C=O) groups excluding carboxylic acids is 1. The number of benzene rings is 1. The van der Waals surface area contributed by atoms with Gasteiger partial charge in [-0.05, 0) is 62.4 Å². The number of hydrogen-bond donors (Lipinski definition) is 0. The minimum atomic E-state index is 0.00581. The normalized spacial score (nSPS) is 23.7. The molecule has 1 amide bonds.